The van der Waals surface area contributed by atoms with E-state index < -0.39 is 6.10 Å². The number of imidazole rings is 1. The van der Waals surface area contributed by atoms with Crippen LogP contribution in [-0.4, -0.2) is 14.5 Å². The van der Waals surface area contributed by atoms with Crippen molar-refractivity contribution in [1.82, 2.24) is 9.38 Å². The lowest BCUT2D eigenvalue weighted by Gasteiger charge is -2.09. The van der Waals surface area contributed by atoms with E-state index in [0.29, 0.717) is 6.42 Å². The maximum atomic E-state index is 10.1. The van der Waals surface area contributed by atoms with Gasteiger partial charge in [-0.2, -0.15) is 0 Å². The van der Waals surface area contributed by atoms with E-state index >= 15 is 0 Å². The lowest BCUT2D eigenvalue weighted by molar-refractivity contribution is 0.167. The Kier molecular flexibility index (Phi) is 3.13. The van der Waals surface area contributed by atoms with Crippen LogP contribution >= 0.6 is 11.3 Å². The lowest BCUT2D eigenvalue weighted by atomic mass is 10.0. The van der Waals surface area contributed by atoms with E-state index in [4.69, 9.17) is 0 Å². The van der Waals surface area contributed by atoms with E-state index in [-0.39, 0.29) is 0 Å². The summed E-state index contributed by atoms with van der Waals surface area (Å²) in [5.41, 5.74) is 2.01. The molecule has 1 unspecified atom stereocenters. The Morgan fingerprint density at radius 1 is 1.28 bits per heavy atom. The van der Waals surface area contributed by atoms with Crippen LogP contribution in [-0.2, 0) is 6.42 Å². The van der Waals surface area contributed by atoms with E-state index in [1.807, 2.05) is 52.5 Å². The number of benzene rings is 1. The Morgan fingerprint density at radius 3 is 2.89 bits per heavy atom. The predicted molar refractivity (Wildman–Crippen MR) is 72.8 cm³/mol. The van der Waals surface area contributed by atoms with Gasteiger partial charge in [0.2, 0.25) is 0 Å². The topological polar surface area (TPSA) is 37.5 Å². The smallest absolute Gasteiger partial charge is 0.193 e. The number of aryl methyl sites for hydroxylation is 1. The summed E-state index contributed by atoms with van der Waals surface area (Å²) in [6, 6.07) is 9.77. The maximum absolute atomic E-state index is 10.1. The van der Waals surface area contributed by atoms with Gasteiger partial charge in [0.1, 0.15) is 0 Å². The van der Waals surface area contributed by atoms with Crippen LogP contribution in [0.25, 0.3) is 4.96 Å². The van der Waals surface area contributed by atoms with Gasteiger partial charge in [-0.05, 0) is 18.4 Å². The fourth-order valence-corrected chi connectivity index (χ4v) is 2.74. The fraction of sp³-hybridized carbons (Fsp3) is 0.214. The number of aromatic nitrogens is 2. The van der Waals surface area contributed by atoms with Crippen molar-refractivity contribution in [2.75, 3.05) is 0 Å². The number of thiazole rings is 1. The molecule has 3 nitrogen and oxygen atoms in total. The van der Waals surface area contributed by atoms with Crippen molar-refractivity contribution in [3.8, 4) is 0 Å². The molecule has 1 N–H and O–H groups in total. The Morgan fingerprint density at radius 2 is 2.11 bits per heavy atom. The van der Waals surface area contributed by atoms with E-state index in [2.05, 4.69) is 4.98 Å². The summed E-state index contributed by atoms with van der Waals surface area (Å²) in [6.07, 6.45) is 5.12. The van der Waals surface area contributed by atoms with Crippen molar-refractivity contribution >= 4 is 16.3 Å². The minimum Gasteiger partial charge on any atom is -0.388 e. The first-order valence-electron chi connectivity index (χ1n) is 5.97. The number of aliphatic hydroxyl groups is 1. The van der Waals surface area contributed by atoms with Crippen LogP contribution in [0.5, 0.6) is 0 Å². The summed E-state index contributed by atoms with van der Waals surface area (Å²) in [4.78, 5) is 5.52. The van der Waals surface area contributed by atoms with Crippen molar-refractivity contribution in [2.45, 2.75) is 18.9 Å². The normalized spacial score (nSPS) is 12.9. The van der Waals surface area contributed by atoms with Gasteiger partial charge in [0.05, 0.1) is 11.8 Å². The van der Waals surface area contributed by atoms with Crippen LogP contribution in [0, 0.1) is 0 Å². The van der Waals surface area contributed by atoms with Gasteiger partial charge in [0.15, 0.2) is 4.96 Å². The quantitative estimate of drug-likeness (QED) is 0.781. The molecule has 1 aromatic carbocycles. The molecule has 0 saturated carbocycles. The summed E-state index contributed by atoms with van der Waals surface area (Å²) < 4.78 is 2.02. The summed E-state index contributed by atoms with van der Waals surface area (Å²) in [5, 5.41) is 12.1. The first-order chi connectivity index (χ1) is 8.83. The molecule has 4 heteroatoms. The van der Waals surface area contributed by atoms with Gasteiger partial charge in [0.25, 0.3) is 0 Å². The summed E-state index contributed by atoms with van der Waals surface area (Å²) in [6.45, 7) is 0. The molecule has 2 heterocycles. The van der Waals surface area contributed by atoms with Gasteiger partial charge in [-0.1, -0.05) is 30.3 Å². The number of rotatable bonds is 4. The molecule has 0 aliphatic carbocycles. The molecule has 0 aliphatic heterocycles. The zero-order valence-electron chi connectivity index (χ0n) is 9.86. The highest BCUT2D eigenvalue weighted by Gasteiger charge is 2.09. The van der Waals surface area contributed by atoms with Gasteiger partial charge >= 0.3 is 0 Å². The van der Waals surface area contributed by atoms with Gasteiger partial charge in [-0.25, -0.2) is 4.98 Å². The lowest BCUT2D eigenvalue weighted by Crippen LogP contribution is -1.99. The number of aliphatic hydroxyl groups excluding tert-OH is 1. The van der Waals surface area contributed by atoms with E-state index in [1.54, 1.807) is 11.3 Å². The highest BCUT2D eigenvalue weighted by atomic mass is 32.1. The highest BCUT2D eigenvalue weighted by molar-refractivity contribution is 7.15. The maximum Gasteiger partial charge on any atom is 0.193 e. The first kappa shape index (κ1) is 11.4. The molecular weight excluding hydrogens is 244 g/mol. The molecule has 2 aromatic heterocycles. The number of nitrogens with zero attached hydrogens (tertiary/aromatic N) is 2. The Balaban J connectivity index is 1.66. The molecule has 0 aliphatic rings. The Hall–Kier alpha value is -1.65. The molecule has 0 saturated heterocycles. The van der Waals surface area contributed by atoms with Crippen LogP contribution in [0.1, 0.15) is 23.8 Å². The van der Waals surface area contributed by atoms with Gasteiger partial charge in [-0.3, -0.25) is 4.40 Å². The molecule has 18 heavy (non-hydrogen) atoms. The van der Waals surface area contributed by atoms with Crippen molar-refractivity contribution in [1.29, 1.82) is 0 Å². The molecule has 0 spiro atoms. The number of hydrogen-bond acceptors (Lipinski definition) is 3. The number of fused-ring (bicyclic) bond motifs is 1. The van der Waals surface area contributed by atoms with Crippen molar-refractivity contribution < 1.29 is 5.11 Å². The Bertz CT molecular complexity index is 601. The van der Waals surface area contributed by atoms with Crippen molar-refractivity contribution in [3.05, 3.63) is 59.4 Å². The summed E-state index contributed by atoms with van der Waals surface area (Å²) in [7, 11) is 0. The second-order valence-electron chi connectivity index (χ2n) is 4.29. The molecule has 0 amide bonds. The summed E-state index contributed by atoms with van der Waals surface area (Å²) in [5.74, 6) is 0. The van der Waals surface area contributed by atoms with Gasteiger partial charge in [-0.15, -0.1) is 11.3 Å². The van der Waals surface area contributed by atoms with Crippen molar-refractivity contribution in [2.24, 2.45) is 0 Å². The number of hydrogen-bond donors (Lipinski definition) is 1. The van der Waals surface area contributed by atoms with E-state index in [1.165, 1.54) is 0 Å². The second-order valence-corrected chi connectivity index (χ2v) is 5.16. The molecule has 0 radical (unpaired) electrons. The standard InChI is InChI=1S/C14H14N2OS/c17-13(11-4-2-1-3-5-11)7-6-12-10-16-8-9-18-14(16)15-12/h1-5,8-10,13,17H,6-7H2. The van der Waals surface area contributed by atoms with Gasteiger partial charge in [0, 0.05) is 17.8 Å². The first-order valence-corrected chi connectivity index (χ1v) is 6.85. The Labute approximate surface area is 109 Å². The largest absolute Gasteiger partial charge is 0.388 e. The second kappa shape index (κ2) is 4.92. The molecule has 0 bridgehead atoms. The third-order valence-electron chi connectivity index (χ3n) is 3.00. The monoisotopic (exact) mass is 258 g/mol. The molecule has 92 valence electrons. The minimum atomic E-state index is -0.411. The van der Waals surface area contributed by atoms with E-state index in [9.17, 15) is 5.11 Å². The van der Waals surface area contributed by atoms with Gasteiger partial charge < -0.3 is 5.11 Å². The molecule has 3 aromatic rings. The fourth-order valence-electron chi connectivity index (χ4n) is 2.02. The third kappa shape index (κ3) is 2.30. The highest BCUT2D eigenvalue weighted by Crippen LogP contribution is 2.19. The average molecular weight is 258 g/mol. The van der Waals surface area contributed by atoms with E-state index in [0.717, 1.165) is 22.6 Å². The molecule has 3 rings (SSSR count). The average Bonchev–Trinajstić information content (AvgIpc) is 2.97. The van der Waals surface area contributed by atoms with Crippen LogP contribution in [0.15, 0.2) is 48.1 Å². The van der Waals surface area contributed by atoms with Crippen LogP contribution in [0.3, 0.4) is 0 Å². The third-order valence-corrected chi connectivity index (χ3v) is 3.77. The zero-order chi connectivity index (χ0) is 12.4. The zero-order valence-corrected chi connectivity index (χ0v) is 10.7. The SMILES string of the molecule is OC(CCc1cn2ccsc2n1)c1ccccc1. The van der Waals surface area contributed by atoms with Crippen LogP contribution in [0.2, 0.25) is 0 Å². The van der Waals surface area contributed by atoms with Crippen molar-refractivity contribution in [3.63, 3.8) is 0 Å². The predicted octanol–water partition coefficient (Wildman–Crippen LogP) is 3.06. The van der Waals surface area contributed by atoms with Crippen LogP contribution in [0.4, 0.5) is 0 Å². The minimum absolute atomic E-state index is 0.411. The van der Waals surface area contributed by atoms with Crippen LogP contribution < -0.4 is 0 Å². The molecular formula is C14H14N2OS. The molecule has 1 atom stereocenters. The summed E-state index contributed by atoms with van der Waals surface area (Å²) >= 11 is 1.63. The molecule has 0 fully saturated rings.